The van der Waals surface area contributed by atoms with E-state index in [1.165, 1.54) is 23.2 Å². The maximum absolute atomic E-state index is 14.0. The van der Waals surface area contributed by atoms with E-state index in [9.17, 15) is 18.8 Å². The minimum Gasteiger partial charge on any atom is -0.366 e. The Hall–Kier alpha value is -3.81. The van der Waals surface area contributed by atoms with Gasteiger partial charge in [0.05, 0.1) is 17.3 Å². The van der Waals surface area contributed by atoms with Gasteiger partial charge < -0.3 is 4.90 Å². The fourth-order valence-corrected chi connectivity index (χ4v) is 4.70. The van der Waals surface area contributed by atoms with Crippen molar-refractivity contribution < 1.29 is 14.0 Å². The normalized spacial score (nSPS) is 16.6. The van der Waals surface area contributed by atoms with Gasteiger partial charge in [-0.05, 0) is 55.2 Å². The van der Waals surface area contributed by atoms with Crippen molar-refractivity contribution in [2.24, 2.45) is 0 Å². The predicted octanol–water partition coefficient (Wildman–Crippen LogP) is 3.15. The topological polar surface area (TPSA) is 86.4 Å². The van der Waals surface area contributed by atoms with Gasteiger partial charge in [0, 0.05) is 24.7 Å². The summed E-state index contributed by atoms with van der Waals surface area (Å²) in [4.78, 5) is 41.6. The number of rotatable bonds is 3. The summed E-state index contributed by atoms with van der Waals surface area (Å²) in [7, 11) is 0. The van der Waals surface area contributed by atoms with E-state index in [1.54, 1.807) is 31.2 Å². The SMILES string of the molecule is Cc1cc(F)cc(-c2cn[nH]c(=O)c2N2CCC(N3C(=O)c4ccccc4C3=O)CC2)c1. The zero-order chi connectivity index (χ0) is 22.4. The van der Waals surface area contributed by atoms with Gasteiger partial charge in [-0.1, -0.05) is 18.2 Å². The van der Waals surface area contributed by atoms with Crippen LogP contribution < -0.4 is 10.5 Å². The summed E-state index contributed by atoms with van der Waals surface area (Å²) in [5, 5.41) is 6.38. The average molecular weight is 432 g/mol. The second kappa shape index (κ2) is 7.71. The molecule has 0 atom stereocenters. The number of hydrogen-bond acceptors (Lipinski definition) is 5. The average Bonchev–Trinajstić information content (AvgIpc) is 3.03. The molecule has 1 saturated heterocycles. The second-order valence-corrected chi connectivity index (χ2v) is 8.22. The number of aromatic amines is 1. The number of imide groups is 1. The molecule has 0 radical (unpaired) electrons. The Balaban J connectivity index is 1.41. The first-order chi connectivity index (χ1) is 15.4. The van der Waals surface area contributed by atoms with Gasteiger partial charge in [0.2, 0.25) is 0 Å². The van der Waals surface area contributed by atoms with Crippen LogP contribution in [-0.2, 0) is 0 Å². The lowest BCUT2D eigenvalue weighted by Crippen LogP contribution is -2.48. The highest BCUT2D eigenvalue weighted by Gasteiger charge is 2.41. The number of carbonyl (C=O) groups is 2. The zero-order valence-corrected chi connectivity index (χ0v) is 17.5. The van der Waals surface area contributed by atoms with E-state index >= 15 is 0 Å². The van der Waals surface area contributed by atoms with Crippen LogP contribution in [0.3, 0.4) is 0 Å². The van der Waals surface area contributed by atoms with Crippen LogP contribution in [0.15, 0.2) is 53.5 Å². The van der Waals surface area contributed by atoms with Crippen LogP contribution in [0.5, 0.6) is 0 Å². The van der Waals surface area contributed by atoms with Gasteiger partial charge >= 0.3 is 0 Å². The number of carbonyl (C=O) groups excluding carboxylic acids is 2. The van der Waals surface area contributed by atoms with Crippen LogP contribution in [-0.4, -0.2) is 46.0 Å². The number of piperidine rings is 1. The van der Waals surface area contributed by atoms with Crippen molar-refractivity contribution >= 4 is 17.5 Å². The van der Waals surface area contributed by atoms with Gasteiger partial charge in [-0.2, -0.15) is 5.10 Å². The van der Waals surface area contributed by atoms with Gasteiger partial charge in [0.15, 0.2) is 0 Å². The minimum atomic E-state index is -0.379. The summed E-state index contributed by atoms with van der Waals surface area (Å²) in [6, 6.07) is 11.2. The van der Waals surface area contributed by atoms with Crippen LogP contribution in [0.25, 0.3) is 11.1 Å². The van der Waals surface area contributed by atoms with Crippen molar-refractivity contribution in [2.45, 2.75) is 25.8 Å². The molecule has 32 heavy (non-hydrogen) atoms. The molecule has 2 aliphatic rings. The van der Waals surface area contributed by atoms with Crippen molar-refractivity contribution in [1.29, 1.82) is 0 Å². The number of nitrogens with one attached hydrogen (secondary N) is 1. The molecule has 0 bridgehead atoms. The molecule has 0 unspecified atom stereocenters. The molecule has 5 rings (SSSR count). The molecule has 1 fully saturated rings. The van der Waals surface area contributed by atoms with E-state index in [4.69, 9.17) is 0 Å². The molecule has 8 heteroatoms. The highest BCUT2D eigenvalue weighted by molar-refractivity contribution is 6.21. The Kier molecular flexibility index (Phi) is 4.84. The first-order valence-electron chi connectivity index (χ1n) is 10.5. The molecule has 1 N–H and O–H groups in total. The number of benzene rings is 2. The Morgan fingerprint density at radius 1 is 0.969 bits per heavy atom. The number of anilines is 1. The van der Waals surface area contributed by atoms with Gasteiger partial charge in [0.25, 0.3) is 17.4 Å². The predicted molar refractivity (Wildman–Crippen MR) is 117 cm³/mol. The monoisotopic (exact) mass is 432 g/mol. The second-order valence-electron chi connectivity index (χ2n) is 8.22. The maximum Gasteiger partial charge on any atom is 0.288 e. The molecule has 7 nitrogen and oxygen atoms in total. The molecule has 162 valence electrons. The van der Waals surface area contributed by atoms with Gasteiger partial charge in [-0.25, -0.2) is 9.49 Å². The van der Waals surface area contributed by atoms with Crippen LogP contribution in [0.4, 0.5) is 10.1 Å². The number of fused-ring (bicyclic) bond motifs is 1. The van der Waals surface area contributed by atoms with E-state index in [2.05, 4.69) is 10.2 Å². The van der Waals surface area contributed by atoms with Gasteiger partial charge in [-0.3, -0.25) is 19.3 Å². The summed E-state index contributed by atoms with van der Waals surface area (Å²) >= 11 is 0. The highest BCUT2D eigenvalue weighted by atomic mass is 19.1. The lowest BCUT2D eigenvalue weighted by molar-refractivity contribution is 0.0561. The fraction of sp³-hybridized carbons (Fsp3) is 0.250. The zero-order valence-electron chi connectivity index (χ0n) is 17.5. The summed E-state index contributed by atoms with van der Waals surface area (Å²) in [5.41, 5.74) is 2.82. The van der Waals surface area contributed by atoms with E-state index in [0.29, 0.717) is 53.9 Å². The molecule has 0 spiro atoms. The number of aromatic nitrogens is 2. The quantitative estimate of drug-likeness (QED) is 0.643. The maximum atomic E-state index is 14.0. The molecule has 0 aliphatic carbocycles. The third-order valence-corrected chi connectivity index (χ3v) is 6.15. The molecule has 2 aliphatic heterocycles. The number of nitrogens with zero attached hydrogens (tertiary/aromatic N) is 3. The number of H-pyrrole nitrogens is 1. The standard InChI is InChI=1S/C24H21FN4O3/c1-14-10-15(12-16(25)11-14)20-13-26-27-22(30)21(20)28-8-6-17(7-9-28)29-23(31)18-4-2-3-5-19(18)24(29)32/h2-5,10-13,17H,6-9H2,1H3,(H,27,30). The minimum absolute atomic E-state index is 0.237. The lowest BCUT2D eigenvalue weighted by atomic mass is 9.99. The third-order valence-electron chi connectivity index (χ3n) is 6.15. The Labute approximate surface area is 183 Å². The van der Waals surface area contributed by atoms with Gasteiger partial charge in [0.1, 0.15) is 11.5 Å². The van der Waals surface area contributed by atoms with E-state index in [1.807, 2.05) is 11.0 Å². The first-order valence-corrected chi connectivity index (χ1v) is 10.5. The molecule has 2 amide bonds. The largest absolute Gasteiger partial charge is 0.366 e. The number of aryl methyl sites for hydroxylation is 1. The molecular formula is C24H21FN4O3. The van der Waals surface area contributed by atoms with Crippen molar-refractivity contribution in [3.05, 3.63) is 81.5 Å². The first kappa shape index (κ1) is 20.1. The molecule has 1 aromatic heterocycles. The van der Waals surface area contributed by atoms with Gasteiger partial charge in [-0.15, -0.1) is 0 Å². The molecular weight excluding hydrogens is 411 g/mol. The van der Waals surface area contributed by atoms with E-state index < -0.39 is 0 Å². The Morgan fingerprint density at radius 3 is 2.25 bits per heavy atom. The van der Waals surface area contributed by atoms with Crippen molar-refractivity contribution in [2.75, 3.05) is 18.0 Å². The van der Waals surface area contributed by atoms with E-state index in [-0.39, 0.29) is 29.2 Å². The Bertz CT molecular complexity index is 1240. The highest BCUT2D eigenvalue weighted by Crippen LogP contribution is 2.33. The summed E-state index contributed by atoms with van der Waals surface area (Å²) in [6.07, 6.45) is 2.60. The summed E-state index contributed by atoms with van der Waals surface area (Å²) in [5.74, 6) is -0.904. The van der Waals surface area contributed by atoms with E-state index in [0.717, 1.165) is 5.56 Å². The van der Waals surface area contributed by atoms with Crippen molar-refractivity contribution in [1.82, 2.24) is 15.1 Å². The Morgan fingerprint density at radius 2 is 1.62 bits per heavy atom. The molecule has 0 saturated carbocycles. The molecule has 2 aromatic carbocycles. The number of amides is 2. The number of halogens is 1. The summed E-state index contributed by atoms with van der Waals surface area (Å²) < 4.78 is 14.0. The lowest BCUT2D eigenvalue weighted by Gasteiger charge is -2.37. The van der Waals surface area contributed by atoms with Crippen molar-refractivity contribution in [3.63, 3.8) is 0 Å². The fourth-order valence-electron chi connectivity index (χ4n) is 4.70. The molecule has 3 heterocycles. The van der Waals surface area contributed by atoms with Crippen LogP contribution >= 0.6 is 0 Å². The third kappa shape index (κ3) is 3.28. The van der Waals surface area contributed by atoms with Crippen LogP contribution in [0, 0.1) is 12.7 Å². The smallest absolute Gasteiger partial charge is 0.288 e. The number of hydrogen-bond donors (Lipinski definition) is 1. The summed E-state index contributed by atoms with van der Waals surface area (Å²) in [6.45, 7) is 2.75. The van der Waals surface area contributed by atoms with Crippen LogP contribution in [0.2, 0.25) is 0 Å². The van der Waals surface area contributed by atoms with Crippen LogP contribution in [0.1, 0.15) is 39.1 Å². The molecule has 3 aromatic rings. The van der Waals surface area contributed by atoms with Crippen molar-refractivity contribution in [3.8, 4) is 11.1 Å².